The summed E-state index contributed by atoms with van der Waals surface area (Å²) in [6, 6.07) is 6.72. The molecule has 1 aromatic carbocycles. The van der Waals surface area contributed by atoms with E-state index in [2.05, 4.69) is 15.2 Å². The molecule has 0 aliphatic heterocycles. The summed E-state index contributed by atoms with van der Waals surface area (Å²) in [5.74, 6) is 0.764. The number of nitro groups is 1. The van der Waals surface area contributed by atoms with Crippen molar-refractivity contribution in [1.82, 2.24) is 20.1 Å². The van der Waals surface area contributed by atoms with Crippen molar-refractivity contribution in [2.45, 2.75) is 19.5 Å². The van der Waals surface area contributed by atoms with Crippen LogP contribution in [0.5, 0.6) is 0 Å². The number of hydrogen-bond donors (Lipinski definition) is 1. The van der Waals surface area contributed by atoms with Crippen LogP contribution in [0.1, 0.15) is 24.4 Å². The second-order valence-electron chi connectivity index (χ2n) is 4.38. The number of rotatable bonds is 5. The maximum Gasteiger partial charge on any atom is 0.269 e. The van der Waals surface area contributed by atoms with Gasteiger partial charge in [-0.2, -0.15) is 5.10 Å². The van der Waals surface area contributed by atoms with Crippen LogP contribution in [0.15, 0.2) is 30.6 Å². The van der Waals surface area contributed by atoms with E-state index in [4.69, 9.17) is 0 Å². The Labute approximate surface area is 110 Å². The van der Waals surface area contributed by atoms with Gasteiger partial charge in [0.1, 0.15) is 12.2 Å². The highest BCUT2D eigenvalue weighted by Crippen LogP contribution is 2.23. The number of benzene rings is 1. The standard InChI is InChI=1S/C12H15N5O2/c1-9(16(2)7-12-13-8-14-15-12)10-4-3-5-11(6-10)17(18)19/h3-6,8-9H,7H2,1-2H3,(H,13,14,15). The van der Waals surface area contributed by atoms with E-state index < -0.39 is 0 Å². The van der Waals surface area contributed by atoms with Gasteiger partial charge in [0.15, 0.2) is 0 Å². The molecular formula is C12H15N5O2. The first-order chi connectivity index (χ1) is 9.08. The fraction of sp³-hybridized carbons (Fsp3) is 0.333. The lowest BCUT2D eigenvalue weighted by Gasteiger charge is -2.23. The van der Waals surface area contributed by atoms with Gasteiger partial charge in [-0.3, -0.25) is 20.1 Å². The molecule has 1 atom stereocenters. The molecule has 0 bridgehead atoms. The van der Waals surface area contributed by atoms with E-state index in [9.17, 15) is 10.1 Å². The van der Waals surface area contributed by atoms with E-state index in [1.165, 1.54) is 12.4 Å². The van der Waals surface area contributed by atoms with Gasteiger partial charge in [0.05, 0.1) is 11.5 Å². The summed E-state index contributed by atoms with van der Waals surface area (Å²) in [5, 5.41) is 17.4. The molecule has 0 saturated heterocycles. The SMILES string of the molecule is CC(c1cccc([N+](=O)[O-])c1)N(C)Cc1ncn[nH]1. The smallest absolute Gasteiger partial charge is 0.269 e. The minimum absolute atomic E-state index is 0.0463. The molecule has 100 valence electrons. The predicted octanol–water partition coefficient (Wildman–Crippen LogP) is 1.91. The van der Waals surface area contributed by atoms with E-state index in [0.717, 1.165) is 11.4 Å². The zero-order valence-electron chi connectivity index (χ0n) is 10.8. The summed E-state index contributed by atoms with van der Waals surface area (Å²) in [6.45, 7) is 2.60. The molecule has 0 saturated carbocycles. The Balaban J connectivity index is 2.12. The molecule has 0 fully saturated rings. The van der Waals surface area contributed by atoms with Crippen molar-refractivity contribution in [1.29, 1.82) is 0 Å². The molecule has 1 aromatic heterocycles. The van der Waals surface area contributed by atoms with Crippen LogP contribution in [-0.4, -0.2) is 32.1 Å². The minimum Gasteiger partial charge on any atom is -0.292 e. The van der Waals surface area contributed by atoms with E-state index in [1.807, 2.05) is 24.9 Å². The molecule has 7 nitrogen and oxygen atoms in total. The maximum absolute atomic E-state index is 10.8. The number of nitrogens with one attached hydrogen (secondary N) is 1. The van der Waals surface area contributed by atoms with Crippen molar-refractivity contribution in [2.75, 3.05) is 7.05 Å². The second-order valence-corrected chi connectivity index (χ2v) is 4.38. The van der Waals surface area contributed by atoms with Gasteiger partial charge >= 0.3 is 0 Å². The first kappa shape index (κ1) is 13.2. The predicted molar refractivity (Wildman–Crippen MR) is 69.4 cm³/mol. The molecule has 1 N–H and O–H groups in total. The normalized spacial score (nSPS) is 12.6. The largest absolute Gasteiger partial charge is 0.292 e. The van der Waals surface area contributed by atoms with E-state index in [0.29, 0.717) is 6.54 Å². The Morgan fingerprint density at radius 2 is 2.32 bits per heavy atom. The van der Waals surface area contributed by atoms with Crippen LogP contribution in [0.25, 0.3) is 0 Å². The number of aromatic amines is 1. The Hall–Kier alpha value is -2.28. The first-order valence-electron chi connectivity index (χ1n) is 5.86. The van der Waals surface area contributed by atoms with Crippen LogP contribution in [-0.2, 0) is 6.54 Å². The summed E-state index contributed by atoms with van der Waals surface area (Å²) in [6.07, 6.45) is 1.46. The molecule has 1 heterocycles. The number of aromatic nitrogens is 3. The van der Waals surface area contributed by atoms with Crippen LogP contribution >= 0.6 is 0 Å². The van der Waals surface area contributed by atoms with Crippen molar-refractivity contribution >= 4 is 5.69 Å². The van der Waals surface area contributed by atoms with E-state index in [1.54, 1.807) is 12.1 Å². The van der Waals surface area contributed by atoms with Gasteiger partial charge in [-0.15, -0.1) is 0 Å². The summed E-state index contributed by atoms with van der Waals surface area (Å²) in [5.41, 5.74) is 1.01. The lowest BCUT2D eigenvalue weighted by Crippen LogP contribution is -2.22. The summed E-state index contributed by atoms with van der Waals surface area (Å²) in [4.78, 5) is 16.5. The molecular weight excluding hydrogens is 246 g/mol. The number of nitrogens with zero attached hydrogens (tertiary/aromatic N) is 4. The molecule has 0 radical (unpaired) electrons. The number of non-ortho nitro benzene ring substituents is 1. The Morgan fingerprint density at radius 1 is 1.53 bits per heavy atom. The van der Waals surface area contributed by atoms with Crippen LogP contribution in [0.3, 0.4) is 0 Å². The Morgan fingerprint density at radius 3 is 2.95 bits per heavy atom. The van der Waals surface area contributed by atoms with Crippen molar-refractivity contribution in [3.63, 3.8) is 0 Å². The molecule has 1 unspecified atom stereocenters. The Kier molecular flexibility index (Phi) is 3.86. The third-order valence-corrected chi connectivity index (χ3v) is 3.09. The zero-order chi connectivity index (χ0) is 13.8. The molecule has 7 heteroatoms. The quantitative estimate of drug-likeness (QED) is 0.656. The van der Waals surface area contributed by atoms with Gasteiger partial charge < -0.3 is 0 Å². The van der Waals surface area contributed by atoms with E-state index in [-0.39, 0.29) is 16.7 Å². The van der Waals surface area contributed by atoms with Crippen molar-refractivity contribution < 1.29 is 4.92 Å². The topological polar surface area (TPSA) is 87.9 Å². The number of hydrogen-bond acceptors (Lipinski definition) is 5. The third kappa shape index (κ3) is 3.14. The van der Waals surface area contributed by atoms with Crippen LogP contribution < -0.4 is 0 Å². The highest BCUT2D eigenvalue weighted by atomic mass is 16.6. The minimum atomic E-state index is -0.382. The molecule has 0 amide bonds. The summed E-state index contributed by atoms with van der Waals surface area (Å²) in [7, 11) is 1.94. The van der Waals surface area contributed by atoms with Crippen molar-refractivity contribution in [2.24, 2.45) is 0 Å². The Bertz CT molecular complexity index is 555. The van der Waals surface area contributed by atoms with Gasteiger partial charge in [-0.25, -0.2) is 4.98 Å². The molecule has 2 aromatic rings. The average molecular weight is 261 g/mol. The van der Waals surface area contributed by atoms with Gasteiger partial charge in [-0.05, 0) is 19.5 Å². The fourth-order valence-corrected chi connectivity index (χ4v) is 1.83. The van der Waals surface area contributed by atoms with Crippen molar-refractivity contribution in [3.8, 4) is 0 Å². The van der Waals surface area contributed by atoms with Gasteiger partial charge in [0.2, 0.25) is 0 Å². The van der Waals surface area contributed by atoms with Crippen LogP contribution in [0.4, 0.5) is 5.69 Å². The molecule has 2 rings (SSSR count). The lowest BCUT2D eigenvalue weighted by atomic mass is 10.1. The monoisotopic (exact) mass is 261 g/mol. The maximum atomic E-state index is 10.8. The molecule has 0 spiro atoms. The van der Waals surface area contributed by atoms with Crippen LogP contribution in [0.2, 0.25) is 0 Å². The van der Waals surface area contributed by atoms with Crippen LogP contribution in [0, 0.1) is 10.1 Å². The van der Waals surface area contributed by atoms with Gasteiger partial charge in [0.25, 0.3) is 5.69 Å². The number of nitro benzene ring substituents is 1. The molecule has 0 aliphatic rings. The van der Waals surface area contributed by atoms with Crippen molar-refractivity contribution in [3.05, 3.63) is 52.1 Å². The summed E-state index contributed by atoms with van der Waals surface area (Å²) < 4.78 is 0. The zero-order valence-corrected chi connectivity index (χ0v) is 10.8. The number of H-pyrrole nitrogens is 1. The second kappa shape index (κ2) is 5.57. The molecule has 0 aliphatic carbocycles. The highest BCUT2D eigenvalue weighted by Gasteiger charge is 2.15. The van der Waals surface area contributed by atoms with Gasteiger partial charge in [-0.1, -0.05) is 12.1 Å². The fourth-order valence-electron chi connectivity index (χ4n) is 1.83. The van der Waals surface area contributed by atoms with E-state index >= 15 is 0 Å². The first-order valence-corrected chi connectivity index (χ1v) is 5.86. The van der Waals surface area contributed by atoms with Gasteiger partial charge in [0, 0.05) is 18.2 Å². The third-order valence-electron chi connectivity index (χ3n) is 3.09. The highest BCUT2D eigenvalue weighted by molar-refractivity contribution is 5.35. The molecule has 19 heavy (non-hydrogen) atoms. The average Bonchev–Trinajstić information content (AvgIpc) is 2.90. The lowest BCUT2D eigenvalue weighted by molar-refractivity contribution is -0.384. The summed E-state index contributed by atoms with van der Waals surface area (Å²) >= 11 is 0.